The minimum absolute atomic E-state index is 0. The van der Waals surface area contributed by atoms with E-state index in [-0.39, 0.29) is 17.8 Å². The van der Waals surface area contributed by atoms with Gasteiger partial charge in [0.1, 0.15) is 0 Å². The normalized spacial score (nSPS) is 15.6. The number of aromatic nitrogens is 1. The van der Waals surface area contributed by atoms with E-state index in [9.17, 15) is 0 Å². The maximum atomic E-state index is 6.68. The average Bonchev–Trinajstić information content (AvgIpc) is 3.32. The maximum Gasteiger partial charge on any atom is 0.0698 e. The van der Waals surface area contributed by atoms with E-state index >= 15 is 0 Å². The lowest BCUT2D eigenvalue weighted by Gasteiger charge is -2.35. The van der Waals surface area contributed by atoms with Gasteiger partial charge in [0.15, 0.2) is 0 Å². The summed E-state index contributed by atoms with van der Waals surface area (Å²) in [5.41, 5.74) is 7.92. The lowest BCUT2D eigenvalue weighted by Crippen LogP contribution is -2.29. The fourth-order valence-electron chi connectivity index (χ4n) is 4.67. The molecule has 0 unspecified atom stereocenters. The van der Waals surface area contributed by atoms with Crippen LogP contribution in [0.1, 0.15) is 56.1 Å². The Hall–Kier alpha value is -2.20. The first kappa shape index (κ1) is 24.9. The van der Waals surface area contributed by atoms with Gasteiger partial charge in [-0.05, 0) is 54.8 Å². The molecule has 0 saturated carbocycles. The third-order valence-electron chi connectivity index (χ3n) is 6.49. The van der Waals surface area contributed by atoms with E-state index in [0.717, 1.165) is 51.5 Å². The molecule has 1 aromatic heterocycles. The van der Waals surface area contributed by atoms with Crippen LogP contribution in [0.5, 0.6) is 0 Å². The Morgan fingerprint density at radius 3 is 2.21 bits per heavy atom. The molecule has 2 aliphatic rings. The summed E-state index contributed by atoms with van der Waals surface area (Å²) in [6.45, 7) is 9.56. The van der Waals surface area contributed by atoms with Crippen molar-refractivity contribution in [1.82, 2.24) is 4.98 Å². The number of pyridine rings is 1. The fraction of sp³-hybridized carbons (Fsp3) is 0.321. The fourth-order valence-corrected chi connectivity index (χ4v) is 5.03. The number of fused-ring (bicyclic) bond motifs is 1. The molecule has 1 saturated heterocycles. The Bertz CT molecular complexity index is 1210. The van der Waals surface area contributed by atoms with Gasteiger partial charge in [-0.3, -0.25) is 4.98 Å². The molecule has 3 heterocycles. The van der Waals surface area contributed by atoms with Gasteiger partial charge in [0, 0.05) is 46.2 Å². The topological polar surface area (TPSA) is 19.4 Å². The van der Waals surface area contributed by atoms with Gasteiger partial charge in [-0.1, -0.05) is 68.2 Å². The lowest BCUT2D eigenvalue weighted by molar-refractivity contribution is 0.564. The zero-order valence-corrected chi connectivity index (χ0v) is 22.1. The molecule has 5 rings (SSSR count). The Morgan fingerprint density at radius 2 is 1.56 bits per heavy atom. The molecule has 0 bridgehead atoms. The molecule has 0 radical (unpaired) electrons. The van der Waals surface area contributed by atoms with E-state index in [1.807, 2.05) is 30.3 Å². The van der Waals surface area contributed by atoms with E-state index in [0.29, 0.717) is 6.54 Å². The highest BCUT2D eigenvalue weighted by Crippen LogP contribution is 2.42. The van der Waals surface area contributed by atoms with Gasteiger partial charge in [-0.2, -0.15) is 0 Å². The lowest BCUT2D eigenvalue weighted by atomic mass is 9.89. The Labute approximate surface area is 218 Å². The molecule has 0 atom stereocenters. The second-order valence-electron chi connectivity index (χ2n) is 9.91. The molecular weight excluding hydrogens is 485 g/mol. The first-order chi connectivity index (χ1) is 15.8. The number of hydrogen-bond acceptors (Lipinski definition) is 3. The molecule has 178 valence electrons. The third-order valence-corrected chi connectivity index (χ3v) is 7.07. The van der Waals surface area contributed by atoms with Crippen LogP contribution in [0.4, 0.5) is 11.4 Å². The van der Waals surface area contributed by atoms with Crippen molar-refractivity contribution in [2.45, 2.75) is 45.6 Å². The Morgan fingerprint density at radius 1 is 0.882 bits per heavy atom. The third kappa shape index (κ3) is 4.79. The standard InChI is InChI=1S/C28H29Cl2N3.ClH/c1-28(2,3)27-17-26(32-14-6-7-15-32)21-16-25(19-10-12-20(29)13-11-19)33(18-23(21)31-27)24-9-5-4-8-22(24)30;/h4-5,8-13,16-17H,6-7,14-15,18H2,1-3H3;1H. The van der Waals surface area contributed by atoms with Crippen molar-refractivity contribution in [1.29, 1.82) is 0 Å². The molecule has 0 N–H and O–H groups in total. The van der Waals surface area contributed by atoms with Crippen LogP contribution in [0.3, 0.4) is 0 Å². The maximum absolute atomic E-state index is 6.68. The zero-order chi connectivity index (χ0) is 23.2. The predicted molar refractivity (Wildman–Crippen MR) is 149 cm³/mol. The number of benzene rings is 2. The molecule has 34 heavy (non-hydrogen) atoms. The van der Waals surface area contributed by atoms with Crippen LogP contribution in [0.2, 0.25) is 10.0 Å². The van der Waals surface area contributed by atoms with Crippen molar-refractivity contribution in [2.24, 2.45) is 0 Å². The van der Waals surface area contributed by atoms with E-state index in [4.69, 9.17) is 28.2 Å². The average molecular weight is 515 g/mol. The molecule has 2 aromatic carbocycles. The largest absolute Gasteiger partial charge is 0.371 e. The summed E-state index contributed by atoms with van der Waals surface area (Å²) >= 11 is 12.9. The second kappa shape index (κ2) is 9.81. The summed E-state index contributed by atoms with van der Waals surface area (Å²) in [7, 11) is 0. The van der Waals surface area contributed by atoms with E-state index in [2.05, 4.69) is 60.9 Å². The molecule has 0 aliphatic carbocycles. The zero-order valence-electron chi connectivity index (χ0n) is 19.8. The number of nitrogens with zero attached hydrogens (tertiary/aromatic N) is 3. The molecule has 3 nitrogen and oxygen atoms in total. The van der Waals surface area contributed by atoms with Gasteiger partial charge in [0.05, 0.1) is 22.9 Å². The van der Waals surface area contributed by atoms with Gasteiger partial charge < -0.3 is 9.80 Å². The molecule has 0 spiro atoms. The minimum Gasteiger partial charge on any atom is -0.371 e. The molecule has 1 fully saturated rings. The predicted octanol–water partition coefficient (Wildman–Crippen LogP) is 8.23. The number of rotatable bonds is 3. The highest BCUT2D eigenvalue weighted by atomic mass is 35.5. The van der Waals surface area contributed by atoms with Crippen LogP contribution in [-0.4, -0.2) is 18.1 Å². The quantitative estimate of drug-likeness (QED) is 0.351. The second-order valence-corrected chi connectivity index (χ2v) is 10.7. The van der Waals surface area contributed by atoms with E-state index in [1.165, 1.54) is 24.1 Å². The summed E-state index contributed by atoms with van der Waals surface area (Å²) in [6, 6.07) is 18.4. The van der Waals surface area contributed by atoms with Crippen LogP contribution in [0.25, 0.3) is 11.8 Å². The molecule has 3 aromatic rings. The highest BCUT2D eigenvalue weighted by molar-refractivity contribution is 6.33. The molecule has 2 aliphatic heterocycles. The van der Waals surface area contributed by atoms with Crippen LogP contribution >= 0.6 is 35.6 Å². The van der Waals surface area contributed by atoms with Gasteiger partial charge in [-0.15, -0.1) is 12.4 Å². The molecule has 6 heteroatoms. The van der Waals surface area contributed by atoms with Gasteiger partial charge in [0.2, 0.25) is 0 Å². The summed E-state index contributed by atoms with van der Waals surface area (Å²) < 4.78 is 0. The van der Waals surface area contributed by atoms with Crippen LogP contribution < -0.4 is 9.80 Å². The number of para-hydroxylation sites is 1. The number of anilines is 2. The minimum atomic E-state index is -0.0289. The Kier molecular flexibility index (Phi) is 7.19. The summed E-state index contributed by atoms with van der Waals surface area (Å²) in [6.07, 6.45) is 4.77. The van der Waals surface area contributed by atoms with E-state index < -0.39 is 0 Å². The monoisotopic (exact) mass is 513 g/mol. The first-order valence-corrected chi connectivity index (χ1v) is 12.4. The van der Waals surface area contributed by atoms with Crippen molar-refractivity contribution >= 4 is 58.8 Å². The molecular formula is C28H30Cl3N3. The van der Waals surface area contributed by atoms with Crippen molar-refractivity contribution in [3.8, 4) is 0 Å². The van der Waals surface area contributed by atoms with Crippen LogP contribution in [0, 0.1) is 0 Å². The number of hydrogen-bond donors (Lipinski definition) is 0. The summed E-state index contributed by atoms with van der Waals surface area (Å²) in [4.78, 5) is 9.99. The van der Waals surface area contributed by atoms with Gasteiger partial charge in [0.25, 0.3) is 0 Å². The van der Waals surface area contributed by atoms with Crippen molar-refractivity contribution < 1.29 is 0 Å². The SMILES string of the molecule is CC(C)(C)c1cc(N2CCCC2)c2c(n1)CN(c1ccccc1Cl)C(c1ccc(Cl)cc1)=C2.Cl. The van der Waals surface area contributed by atoms with E-state index in [1.54, 1.807) is 0 Å². The number of halogens is 3. The van der Waals surface area contributed by atoms with Crippen molar-refractivity contribution in [3.05, 3.63) is 87.2 Å². The summed E-state index contributed by atoms with van der Waals surface area (Å²) in [5.74, 6) is 0. The highest BCUT2D eigenvalue weighted by Gasteiger charge is 2.29. The van der Waals surface area contributed by atoms with Crippen molar-refractivity contribution in [2.75, 3.05) is 22.9 Å². The smallest absolute Gasteiger partial charge is 0.0698 e. The molecule has 0 amide bonds. The van der Waals surface area contributed by atoms with Crippen molar-refractivity contribution in [3.63, 3.8) is 0 Å². The summed E-state index contributed by atoms with van der Waals surface area (Å²) in [5, 5.41) is 1.46. The van der Waals surface area contributed by atoms with Gasteiger partial charge in [-0.25, -0.2) is 0 Å². The Balaban J connectivity index is 0.00000274. The first-order valence-electron chi connectivity index (χ1n) is 11.6. The van der Waals surface area contributed by atoms with Crippen LogP contribution in [-0.2, 0) is 12.0 Å². The van der Waals surface area contributed by atoms with Crippen LogP contribution in [0.15, 0.2) is 54.6 Å². The van der Waals surface area contributed by atoms with Gasteiger partial charge >= 0.3 is 0 Å².